The number of likely N-dealkylation sites (tertiary alicyclic amines) is 1. The van der Waals surface area contributed by atoms with Crippen LogP contribution in [0.3, 0.4) is 0 Å². The normalized spacial score (nSPS) is 17.8. The minimum atomic E-state index is -0.416. The zero-order chi connectivity index (χ0) is 18.4. The van der Waals surface area contributed by atoms with Crippen molar-refractivity contribution in [1.82, 2.24) is 4.90 Å². The van der Waals surface area contributed by atoms with E-state index in [-0.39, 0.29) is 24.4 Å². The quantitative estimate of drug-likeness (QED) is 0.476. The Morgan fingerprint density at radius 3 is 2.23 bits per heavy atom. The second-order valence-electron chi connectivity index (χ2n) is 6.67. The van der Waals surface area contributed by atoms with E-state index in [1.807, 2.05) is 12.1 Å². The summed E-state index contributed by atoms with van der Waals surface area (Å²) in [7, 11) is 0. The number of nitrogens with one attached hydrogen (secondary N) is 1. The van der Waals surface area contributed by atoms with Crippen LogP contribution in [0.2, 0.25) is 0 Å². The van der Waals surface area contributed by atoms with Gasteiger partial charge in [0.1, 0.15) is 18.4 Å². The molecule has 1 atom stereocenters. The first-order chi connectivity index (χ1) is 12.6. The third kappa shape index (κ3) is 4.70. The first kappa shape index (κ1) is 18.1. The molecule has 0 radical (unpaired) electrons. The predicted molar refractivity (Wildman–Crippen MR) is 102 cm³/mol. The number of esters is 1. The second kappa shape index (κ2) is 8.63. The summed E-state index contributed by atoms with van der Waals surface area (Å²) in [6, 6.07) is 21.0. The fourth-order valence-electron chi connectivity index (χ4n) is 3.56. The lowest BCUT2D eigenvalue weighted by atomic mass is 9.94. The van der Waals surface area contributed by atoms with Gasteiger partial charge in [0.2, 0.25) is 0 Å². The second-order valence-corrected chi connectivity index (χ2v) is 6.67. The Balaban J connectivity index is 1.78. The molecule has 0 amide bonds. The van der Waals surface area contributed by atoms with E-state index in [1.165, 1.54) is 11.1 Å². The van der Waals surface area contributed by atoms with Gasteiger partial charge in [0, 0.05) is 6.54 Å². The smallest absolute Gasteiger partial charge is 0.313 e. The van der Waals surface area contributed by atoms with Crippen LogP contribution in [-0.2, 0) is 9.53 Å². The summed E-state index contributed by atoms with van der Waals surface area (Å²) < 4.78 is 5.55. The summed E-state index contributed by atoms with van der Waals surface area (Å²) >= 11 is 0. The molecular weight excluding hydrogens is 326 g/mol. The summed E-state index contributed by atoms with van der Waals surface area (Å²) in [6.07, 6.45) is 1.51. The van der Waals surface area contributed by atoms with Crippen LogP contribution in [0.25, 0.3) is 0 Å². The number of carbonyl (C=O) groups excluding carboxylic acids is 1. The maximum atomic E-state index is 11.9. The van der Waals surface area contributed by atoms with Gasteiger partial charge < -0.3 is 10.5 Å². The number of rotatable bonds is 6. The van der Waals surface area contributed by atoms with Crippen molar-refractivity contribution in [1.29, 1.82) is 5.41 Å². The minimum Gasteiger partial charge on any atom is -0.461 e. The molecule has 1 fully saturated rings. The fraction of sp³-hybridized carbons (Fsp3) is 0.333. The number of ether oxygens (including phenoxy) is 1. The van der Waals surface area contributed by atoms with Crippen LogP contribution in [0.4, 0.5) is 0 Å². The minimum absolute atomic E-state index is 0.131. The van der Waals surface area contributed by atoms with Gasteiger partial charge in [-0.15, -0.1) is 0 Å². The monoisotopic (exact) mass is 351 g/mol. The number of hydrogen-bond donors (Lipinski definition) is 2. The van der Waals surface area contributed by atoms with Gasteiger partial charge in [-0.05, 0) is 30.5 Å². The lowest BCUT2D eigenvalue weighted by Crippen LogP contribution is -2.43. The SMILES string of the molecule is N=C(N)CC(=O)OC1CCCN(C(c2ccccc2)c2ccccc2)C1. The summed E-state index contributed by atoms with van der Waals surface area (Å²) in [6.45, 7) is 1.63. The van der Waals surface area contributed by atoms with E-state index >= 15 is 0 Å². The summed E-state index contributed by atoms with van der Waals surface area (Å²) in [5.74, 6) is -0.575. The average Bonchev–Trinajstić information content (AvgIpc) is 2.63. The number of amidine groups is 1. The van der Waals surface area contributed by atoms with Crippen molar-refractivity contribution in [3.05, 3.63) is 71.8 Å². The van der Waals surface area contributed by atoms with Crippen molar-refractivity contribution in [3.63, 3.8) is 0 Å². The number of hydrogen-bond acceptors (Lipinski definition) is 4. The van der Waals surface area contributed by atoms with E-state index in [4.69, 9.17) is 15.9 Å². The third-order valence-electron chi connectivity index (χ3n) is 4.64. The van der Waals surface area contributed by atoms with E-state index in [9.17, 15) is 4.79 Å². The van der Waals surface area contributed by atoms with E-state index in [0.717, 1.165) is 19.4 Å². The van der Waals surface area contributed by atoms with Crippen molar-refractivity contribution in [3.8, 4) is 0 Å². The topological polar surface area (TPSA) is 79.4 Å². The lowest BCUT2D eigenvalue weighted by Gasteiger charge is -2.38. The molecule has 1 aliphatic rings. The highest BCUT2D eigenvalue weighted by Crippen LogP contribution is 2.31. The van der Waals surface area contributed by atoms with Gasteiger partial charge in [-0.3, -0.25) is 15.1 Å². The maximum Gasteiger partial charge on any atom is 0.313 e. The Hall–Kier alpha value is -2.66. The highest BCUT2D eigenvalue weighted by molar-refractivity contribution is 5.94. The highest BCUT2D eigenvalue weighted by Gasteiger charge is 2.29. The van der Waals surface area contributed by atoms with Crippen molar-refractivity contribution in [2.24, 2.45) is 5.73 Å². The molecule has 1 unspecified atom stereocenters. The van der Waals surface area contributed by atoms with E-state index in [0.29, 0.717) is 6.54 Å². The number of nitrogens with zero attached hydrogens (tertiary/aromatic N) is 1. The fourth-order valence-corrected chi connectivity index (χ4v) is 3.56. The molecule has 2 aromatic carbocycles. The molecule has 3 N–H and O–H groups in total. The lowest BCUT2D eigenvalue weighted by molar-refractivity contribution is -0.150. The molecule has 0 spiro atoms. The van der Waals surface area contributed by atoms with Gasteiger partial charge in [0.25, 0.3) is 0 Å². The molecule has 0 bridgehead atoms. The first-order valence-electron chi connectivity index (χ1n) is 9.00. The van der Waals surface area contributed by atoms with E-state index in [1.54, 1.807) is 0 Å². The highest BCUT2D eigenvalue weighted by atomic mass is 16.5. The van der Waals surface area contributed by atoms with Crippen LogP contribution in [0.5, 0.6) is 0 Å². The number of piperidine rings is 1. The Bertz CT molecular complexity index is 694. The molecule has 1 heterocycles. The molecule has 0 aromatic heterocycles. The molecule has 5 nitrogen and oxygen atoms in total. The Labute approximate surface area is 154 Å². The molecule has 5 heteroatoms. The van der Waals surface area contributed by atoms with Gasteiger partial charge in [0.05, 0.1) is 6.04 Å². The number of benzene rings is 2. The van der Waals surface area contributed by atoms with Crippen LogP contribution < -0.4 is 5.73 Å². The standard InChI is InChI=1S/C21H25N3O2/c22-19(23)14-20(25)26-18-12-7-13-24(15-18)21(16-8-3-1-4-9-16)17-10-5-2-6-11-17/h1-6,8-11,18,21H,7,12-15H2,(H3,22,23). The molecule has 3 rings (SSSR count). The summed E-state index contributed by atoms with van der Waals surface area (Å²) in [5.41, 5.74) is 7.76. The first-order valence-corrected chi connectivity index (χ1v) is 9.00. The molecule has 0 aliphatic carbocycles. The molecule has 2 aromatic rings. The largest absolute Gasteiger partial charge is 0.461 e. The van der Waals surface area contributed by atoms with Crippen molar-refractivity contribution < 1.29 is 9.53 Å². The van der Waals surface area contributed by atoms with Crippen molar-refractivity contribution in [2.45, 2.75) is 31.4 Å². The van der Waals surface area contributed by atoms with Crippen LogP contribution >= 0.6 is 0 Å². The van der Waals surface area contributed by atoms with Crippen LogP contribution in [-0.4, -0.2) is 35.9 Å². The third-order valence-corrected chi connectivity index (χ3v) is 4.64. The van der Waals surface area contributed by atoms with Crippen LogP contribution in [0.1, 0.15) is 36.4 Å². The number of carbonyl (C=O) groups is 1. The van der Waals surface area contributed by atoms with Crippen LogP contribution in [0.15, 0.2) is 60.7 Å². The zero-order valence-electron chi connectivity index (χ0n) is 14.8. The Kier molecular flexibility index (Phi) is 6.02. The van der Waals surface area contributed by atoms with Crippen LogP contribution in [0, 0.1) is 5.41 Å². The Morgan fingerprint density at radius 2 is 1.69 bits per heavy atom. The van der Waals surface area contributed by atoms with Crippen molar-refractivity contribution in [2.75, 3.05) is 13.1 Å². The molecule has 136 valence electrons. The van der Waals surface area contributed by atoms with Gasteiger partial charge >= 0.3 is 5.97 Å². The zero-order valence-corrected chi connectivity index (χ0v) is 14.8. The van der Waals surface area contributed by atoms with E-state index < -0.39 is 5.97 Å². The molecule has 1 saturated heterocycles. The van der Waals surface area contributed by atoms with E-state index in [2.05, 4.69) is 53.4 Å². The maximum absolute atomic E-state index is 11.9. The average molecular weight is 351 g/mol. The molecule has 26 heavy (non-hydrogen) atoms. The van der Waals surface area contributed by atoms with Crippen molar-refractivity contribution >= 4 is 11.8 Å². The molecule has 1 aliphatic heterocycles. The molecule has 0 saturated carbocycles. The number of nitrogens with two attached hydrogens (primary N) is 1. The van der Waals surface area contributed by atoms with Gasteiger partial charge in [-0.2, -0.15) is 0 Å². The van der Waals surface area contributed by atoms with Gasteiger partial charge in [-0.1, -0.05) is 60.7 Å². The summed E-state index contributed by atoms with van der Waals surface area (Å²) in [5, 5.41) is 7.24. The molecular formula is C21H25N3O2. The van der Waals surface area contributed by atoms with Gasteiger partial charge in [-0.25, -0.2) is 0 Å². The predicted octanol–water partition coefficient (Wildman–Crippen LogP) is 3.11. The summed E-state index contributed by atoms with van der Waals surface area (Å²) in [4.78, 5) is 14.3. The Morgan fingerprint density at radius 1 is 1.12 bits per heavy atom. The van der Waals surface area contributed by atoms with Gasteiger partial charge in [0.15, 0.2) is 0 Å².